The van der Waals surface area contributed by atoms with E-state index in [9.17, 15) is 0 Å². The monoisotopic (exact) mass is 242 g/mol. The normalized spacial score (nSPS) is 10.6. The van der Waals surface area contributed by atoms with Gasteiger partial charge in [-0.05, 0) is 24.3 Å². The molecule has 0 amide bonds. The summed E-state index contributed by atoms with van der Waals surface area (Å²) in [4.78, 5) is 0. The van der Waals surface area contributed by atoms with Crippen molar-refractivity contribution in [2.75, 3.05) is 0 Å². The van der Waals surface area contributed by atoms with Crippen molar-refractivity contribution in [1.29, 1.82) is 0 Å². The lowest BCUT2D eigenvalue weighted by Gasteiger charge is -2.02. The van der Waals surface area contributed by atoms with Crippen LogP contribution in [0.5, 0.6) is 0 Å². The number of hydrogen-bond acceptors (Lipinski definition) is 2. The fourth-order valence-electron chi connectivity index (χ4n) is 1.22. The fourth-order valence-corrected chi connectivity index (χ4v) is 1.51. The average molecular weight is 243 g/mol. The Labute approximate surface area is 96.9 Å². The highest BCUT2D eigenvalue weighted by molar-refractivity contribution is 6.42. The summed E-state index contributed by atoms with van der Waals surface area (Å²) in [7, 11) is 0. The minimum atomic E-state index is -0.0751. The van der Waals surface area contributed by atoms with Gasteiger partial charge in [-0.3, -0.25) is 0 Å². The number of aliphatic hydroxyl groups is 1. The predicted molar refractivity (Wildman–Crippen MR) is 59.5 cm³/mol. The molecule has 2 rings (SSSR count). The summed E-state index contributed by atoms with van der Waals surface area (Å²) >= 11 is 11.7. The van der Waals surface area contributed by atoms with Crippen molar-refractivity contribution in [2.45, 2.75) is 6.61 Å². The van der Waals surface area contributed by atoms with Gasteiger partial charge in [-0.2, -0.15) is 5.10 Å². The van der Waals surface area contributed by atoms with E-state index in [2.05, 4.69) is 5.10 Å². The van der Waals surface area contributed by atoms with Crippen molar-refractivity contribution >= 4 is 23.2 Å². The Kier molecular flexibility index (Phi) is 2.95. The van der Waals surface area contributed by atoms with Crippen LogP contribution in [0.4, 0.5) is 0 Å². The van der Waals surface area contributed by atoms with Gasteiger partial charge < -0.3 is 5.11 Å². The maximum Gasteiger partial charge on any atom is 0.0883 e. The molecular formula is C10H8Cl2N2O. The lowest BCUT2D eigenvalue weighted by atomic mass is 10.3. The number of nitrogens with zero attached hydrogens (tertiary/aromatic N) is 2. The zero-order valence-corrected chi connectivity index (χ0v) is 9.20. The average Bonchev–Trinajstić information content (AvgIpc) is 2.70. The lowest BCUT2D eigenvalue weighted by molar-refractivity contribution is 0.276. The second-order valence-corrected chi connectivity index (χ2v) is 3.82. The van der Waals surface area contributed by atoms with Crippen LogP contribution in [0.2, 0.25) is 10.0 Å². The third-order valence-corrected chi connectivity index (χ3v) is 2.71. The molecule has 0 unspecified atom stereocenters. The first kappa shape index (κ1) is 10.5. The topological polar surface area (TPSA) is 38.0 Å². The van der Waals surface area contributed by atoms with E-state index in [0.717, 1.165) is 5.69 Å². The Morgan fingerprint density at radius 1 is 1.20 bits per heavy atom. The van der Waals surface area contributed by atoms with Crippen LogP contribution < -0.4 is 0 Å². The smallest absolute Gasteiger partial charge is 0.0883 e. The van der Waals surface area contributed by atoms with Crippen LogP contribution in [0.1, 0.15) is 5.69 Å². The van der Waals surface area contributed by atoms with Crippen LogP contribution in [0.15, 0.2) is 30.5 Å². The third kappa shape index (κ3) is 2.15. The van der Waals surface area contributed by atoms with E-state index in [1.54, 1.807) is 29.1 Å². The van der Waals surface area contributed by atoms with E-state index in [-0.39, 0.29) is 6.61 Å². The molecule has 5 heteroatoms. The maximum absolute atomic E-state index is 8.87. The molecule has 2 aromatic rings. The van der Waals surface area contributed by atoms with Crippen LogP contribution in [0.25, 0.3) is 5.69 Å². The molecule has 0 fully saturated rings. The number of hydrogen-bond donors (Lipinski definition) is 1. The van der Waals surface area contributed by atoms with Gasteiger partial charge in [-0.25, -0.2) is 4.68 Å². The second-order valence-electron chi connectivity index (χ2n) is 3.01. The molecule has 0 atom stereocenters. The van der Waals surface area contributed by atoms with Crippen molar-refractivity contribution < 1.29 is 5.11 Å². The fraction of sp³-hybridized carbons (Fsp3) is 0.100. The minimum absolute atomic E-state index is 0.0751. The number of aromatic nitrogens is 2. The Balaban J connectivity index is 2.40. The van der Waals surface area contributed by atoms with Gasteiger partial charge in [0, 0.05) is 6.20 Å². The molecule has 1 aromatic heterocycles. The molecule has 0 radical (unpaired) electrons. The van der Waals surface area contributed by atoms with E-state index >= 15 is 0 Å². The first-order valence-corrected chi connectivity index (χ1v) is 5.07. The minimum Gasteiger partial charge on any atom is -0.390 e. The summed E-state index contributed by atoms with van der Waals surface area (Å²) in [6.45, 7) is -0.0751. The van der Waals surface area contributed by atoms with Crippen molar-refractivity contribution in [3.8, 4) is 5.69 Å². The van der Waals surface area contributed by atoms with E-state index in [1.165, 1.54) is 0 Å². The zero-order chi connectivity index (χ0) is 10.8. The molecule has 0 bridgehead atoms. The first-order chi connectivity index (χ1) is 7.20. The predicted octanol–water partition coefficient (Wildman–Crippen LogP) is 2.67. The molecule has 3 nitrogen and oxygen atoms in total. The summed E-state index contributed by atoms with van der Waals surface area (Å²) in [5.74, 6) is 0. The van der Waals surface area contributed by atoms with Crippen molar-refractivity contribution in [1.82, 2.24) is 9.78 Å². The van der Waals surface area contributed by atoms with E-state index in [0.29, 0.717) is 15.7 Å². The zero-order valence-electron chi connectivity index (χ0n) is 7.69. The number of rotatable bonds is 2. The van der Waals surface area contributed by atoms with E-state index < -0.39 is 0 Å². The first-order valence-electron chi connectivity index (χ1n) is 4.31. The Hall–Kier alpha value is -1.03. The van der Waals surface area contributed by atoms with Gasteiger partial charge in [-0.1, -0.05) is 23.2 Å². The number of benzene rings is 1. The van der Waals surface area contributed by atoms with E-state index in [1.807, 2.05) is 6.07 Å². The highest BCUT2D eigenvalue weighted by Gasteiger charge is 2.03. The van der Waals surface area contributed by atoms with Crippen LogP contribution in [0, 0.1) is 0 Å². The Bertz CT molecular complexity index is 482. The van der Waals surface area contributed by atoms with Crippen molar-refractivity contribution in [3.05, 3.63) is 46.2 Å². The maximum atomic E-state index is 8.87. The molecule has 0 saturated heterocycles. The highest BCUT2D eigenvalue weighted by Crippen LogP contribution is 2.24. The van der Waals surface area contributed by atoms with Gasteiger partial charge in [0.1, 0.15) is 0 Å². The van der Waals surface area contributed by atoms with Gasteiger partial charge in [0.05, 0.1) is 28.0 Å². The molecule has 0 aliphatic carbocycles. The third-order valence-electron chi connectivity index (χ3n) is 1.97. The number of halogens is 2. The molecule has 1 aromatic carbocycles. The summed E-state index contributed by atoms with van der Waals surface area (Å²) in [5.41, 5.74) is 1.42. The summed E-state index contributed by atoms with van der Waals surface area (Å²) < 4.78 is 1.63. The van der Waals surface area contributed by atoms with Gasteiger partial charge in [-0.15, -0.1) is 0 Å². The molecule has 1 N–H and O–H groups in total. The molecule has 0 aliphatic rings. The SMILES string of the molecule is OCc1ccn(-c2ccc(Cl)c(Cl)c2)n1. The molecule has 1 heterocycles. The van der Waals surface area contributed by atoms with Crippen LogP contribution in [-0.2, 0) is 6.61 Å². The largest absolute Gasteiger partial charge is 0.390 e. The Morgan fingerprint density at radius 3 is 2.60 bits per heavy atom. The lowest BCUT2D eigenvalue weighted by Crippen LogP contribution is -1.96. The quantitative estimate of drug-likeness (QED) is 0.880. The summed E-state index contributed by atoms with van der Waals surface area (Å²) in [6, 6.07) is 6.97. The van der Waals surface area contributed by atoms with Crippen LogP contribution >= 0.6 is 23.2 Å². The molecule has 0 aliphatic heterocycles. The van der Waals surface area contributed by atoms with Gasteiger partial charge >= 0.3 is 0 Å². The van der Waals surface area contributed by atoms with Crippen LogP contribution in [-0.4, -0.2) is 14.9 Å². The highest BCUT2D eigenvalue weighted by atomic mass is 35.5. The van der Waals surface area contributed by atoms with Crippen molar-refractivity contribution in [2.24, 2.45) is 0 Å². The van der Waals surface area contributed by atoms with Gasteiger partial charge in [0.15, 0.2) is 0 Å². The summed E-state index contributed by atoms with van der Waals surface area (Å²) in [5, 5.41) is 14.0. The second kappa shape index (κ2) is 4.23. The summed E-state index contributed by atoms with van der Waals surface area (Å²) in [6.07, 6.45) is 1.76. The van der Waals surface area contributed by atoms with Gasteiger partial charge in [0.25, 0.3) is 0 Å². The molecular weight excluding hydrogens is 235 g/mol. The Morgan fingerprint density at radius 2 is 2.00 bits per heavy atom. The number of aliphatic hydroxyl groups excluding tert-OH is 1. The molecule has 0 spiro atoms. The molecule has 0 saturated carbocycles. The van der Waals surface area contributed by atoms with Crippen molar-refractivity contribution in [3.63, 3.8) is 0 Å². The molecule has 78 valence electrons. The van der Waals surface area contributed by atoms with Gasteiger partial charge in [0.2, 0.25) is 0 Å². The standard InChI is InChI=1S/C10H8Cl2N2O/c11-9-2-1-8(5-10(9)12)14-4-3-7(6-15)13-14/h1-5,15H,6H2. The van der Waals surface area contributed by atoms with E-state index in [4.69, 9.17) is 28.3 Å². The molecule has 15 heavy (non-hydrogen) atoms. The van der Waals surface area contributed by atoms with Crippen LogP contribution in [0.3, 0.4) is 0 Å².